The highest BCUT2D eigenvalue weighted by Gasteiger charge is 2.04. The molecule has 0 aliphatic carbocycles. The van der Waals surface area contributed by atoms with Crippen LogP contribution in [0.5, 0.6) is 0 Å². The quantitative estimate of drug-likeness (QED) is 0.685. The van der Waals surface area contributed by atoms with Crippen LogP contribution in [0.3, 0.4) is 0 Å². The first-order valence-electron chi connectivity index (χ1n) is 5.61. The third-order valence-electron chi connectivity index (χ3n) is 2.47. The standard InChI is InChI=1S/C12H21NS/c1-2-3-4-5-7-11(13)10-12-8-6-9-14-12/h6,8-9,11H,2-5,7,10,13H2,1H3. The zero-order chi connectivity index (χ0) is 10.2. The van der Waals surface area contributed by atoms with Crippen LogP contribution in [0.15, 0.2) is 17.5 Å². The molecule has 0 radical (unpaired) electrons. The van der Waals surface area contributed by atoms with Gasteiger partial charge in [-0.1, -0.05) is 38.7 Å². The molecule has 1 aromatic heterocycles. The van der Waals surface area contributed by atoms with Gasteiger partial charge in [-0.25, -0.2) is 0 Å². The second-order valence-electron chi connectivity index (χ2n) is 3.89. The van der Waals surface area contributed by atoms with E-state index in [2.05, 4.69) is 24.4 Å². The monoisotopic (exact) mass is 211 g/mol. The first-order chi connectivity index (χ1) is 6.83. The van der Waals surface area contributed by atoms with Crippen molar-refractivity contribution in [3.63, 3.8) is 0 Å². The Kier molecular flexibility index (Phi) is 5.88. The molecule has 0 spiro atoms. The molecule has 0 fully saturated rings. The fourth-order valence-corrected chi connectivity index (χ4v) is 2.42. The third-order valence-corrected chi connectivity index (χ3v) is 3.37. The van der Waals surface area contributed by atoms with E-state index in [0.29, 0.717) is 6.04 Å². The molecule has 1 heterocycles. The Bertz CT molecular complexity index is 218. The zero-order valence-corrected chi connectivity index (χ0v) is 9.85. The topological polar surface area (TPSA) is 26.0 Å². The number of thiophene rings is 1. The van der Waals surface area contributed by atoms with Gasteiger partial charge in [-0.3, -0.25) is 0 Å². The maximum absolute atomic E-state index is 6.05. The zero-order valence-electron chi connectivity index (χ0n) is 9.04. The lowest BCUT2D eigenvalue weighted by Gasteiger charge is -2.09. The van der Waals surface area contributed by atoms with Crippen LogP contribution in [-0.2, 0) is 6.42 Å². The molecule has 0 saturated carbocycles. The molecular formula is C12H21NS. The van der Waals surface area contributed by atoms with Crippen molar-refractivity contribution in [3.05, 3.63) is 22.4 Å². The lowest BCUT2D eigenvalue weighted by Crippen LogP contribution is -2.22. The van der Waals surface area contributed by atoms with E-state index in [0.717, 1.165) is 6.42 Å². The summed E-state index contributed by atoms with van der Waals surface area (Å²) < 4.78 is 0. The van der Waals surface area contributed by atoms with E-state index in [1.165, 1.54) is 37.0 Å². The number of nitrogens with two attached hydrogens (primary N) is 1. The highest BCUT2D eigenvalue weighted by Crippen LogP contribution is 2.13. The van der Waals surface area contributed by atoms with E-state index in [1.54, 1.807) is 0 Å². The van der Waals surface area contributed by atoms with Crippen LogP contribution in [0.2, 0.25) is 0 Å². The van der Waals surface area contributed by atoms with Crippen LogP contribution in [0.1, 0.15) is 43.9 Å². The van der Waals surface area contributed by atoms with Gasteiger partial charge in [-0.15, -0.1) is 11.3 Å². The Morgan fingerprint density at radius 2 is 2.21 bits per heavy atom. The van der Waals surface area contributed by atoms with Gasteiger partial charge in [0.2, 0.25) is 0 Å². The second kappa shape index (κ2) is 7.02. The minimum atomic E-state index is 0.366. The van der Waals surface area contributed by atoms with Gasteiger partial charge < -0.3 is 5.73 Å². The van der Waals surface area contributed by atoms with Gasteiger partial charge in [-0.05, 0) is 24.3 Å². The fraction of sp³-hybridized carbons (Fsp3) is 0.667. The summed E-state index contributed by atoms with van der Waals surface area (Å²) in [5, 5.41) is 2.12. The molecular weight excluding hydrogens is 190 g/mol. The average Bonchev–Trinajstić information content (AvgIpc) is 2.65. The van der Waals surface area contributed by atoms with Gasteiger partial charge >= 0.3 is 0 Å². The summed E-state index contributed by atoms with van der Waals surface area (Å²) in [6.45, 7) is 2.24. The van der Waals surface area contributed by atoms with Crippen molar-refractivity contribution in [2.24, 2.45) is 5.73 Å². The first kappa shape index (κ1) is 11.7. The van der Waals surface area contributed by atoms with Crippen LogP contribution < -0.4 is 5.73 Å². The Hall–Kier alpha value is -0.340. The van der Waals surface area contributed by atoms with Crippen LogP contribution in [0.4, 0.5) is 0 Å². The minimum absolute atomic E-state index is 0.366. The van der Waals surface area contributed by atoms with Crippen molar-refractivity contribution in [1.82, 2.24) is 0 Å². The Morgan fingerprint density at radius 3 is 2.86 bits per heavy atom. The summed E-state index contributed by atoms with van der Waals surface area (Å²) >= 11 is 1.81. The van der Waals surface area contributed by atoms with E-state index in [-0.39, 0.29) is 0 Å². The summed E-state index contributed by atoms with van der Waals surface area (Å²) in [4.78, 5) is 1.42. The Morgan fingerprint density at radius 1 is 1.36 bits per heavy atom. The molecule has 2 heteroatoms. The number of hydrogen-bond acceptors (Lipinski definition) is 2. The molecule has 1 nitrogen and oxygen atoms in total. The fourth-order valence-electron chi connectivity index (χ4n) is 1.62. The second-order valence-corrected chi connectivity index (χ2v) is 4.93. The van der Waals surface area contributed by atoms with E-state index < -0.39 is 0 Å². The molecule has 2 N–H and O–H groups in total. The normalized spacial score (nSPS) is 13.0. The van der Waals surface area contributed by atoms with Crippen molar-refractivity contribution in [2.45, 2.75) is 51.5 Å². The third kappa shape index (κ3) is 4.77. The van der Waals surface area contributed by atoms with Crippen molar-refractivity contribution < 1.29 is 0 Å². The number of rotatable bonds is 7. The van der Waals surface area contributed by atoms with E-state index in [1.807, 2.05) is 11.3 Å². The van der Waals surface area contributed by atoms with Gasteiger partial charge in [0.05, 0.1) is 0 Å². The molecule has 1 rings (SSSR count). The van der Waals surface area contributed by atoms with E-state index in [4.69, 9.17) is 5.73 Å². The van der Waals surface area contributed by atoms with Gasteiger partial charge in [0.1, 0.15) is 0 Å². The van der Waals surface area contributed by atoms with Crippen molar-refractivity contribution in [1.29, 1.82) is 0 Å². The van der Waals surface area contributed by atoms with Crippen molar-refractivity contribution in [2.75, 3.05) is 0 Å². The maximum Gasteiger partial charge on any atom is 0.00871 e. The van der Waals surface area contributed by atoms with E-state index in [9.17, 15) is 0 Å². The van der Waals surface area contributed by atoms with Gasteiger partial charge in [-0.2, -0.15) is 0 Å². The highest BCUT2D eigenvalue weighted by molar-refractivity contribution is 7.09. The molecule has 80 valence electrons. The number of hydrogen-bond donors (Lipinski definition) is 1. The Balaban J connectivity index is 2.07. The van der Waals surface area contributed by atoms with Gasteiger partial charge in [0.15, 0.2) is 0 Å². The smallest absolute Gasteiger partial charge is 0.00871 e. The minimum Gasteiger partial charge on any atom is -0.327 e. The first-order valence-corrected chi connectivity index (χ1v) is 6.49. The SMILES string of the molecule is CCCCCCC(N)Cc1cccs1. The van der Waals surface area contributed by atoms with Crippen LogP contribution >= 0.6 is 11.3 Å². The predicted molar refractivity (Wildman–Crippen MR) is 64.8 cm³/mol. The molecule has 0 aliphatic rings. The summed E-state index contributed by atoms with van der Waals surface area (Å²) in [5.74, 6) is 0. The van der Waals surface area contributed by atoms with Gasteiger partial charge in [0, 0.05) is 10.9 Å². The molecule has 0 aliphatic heterocycles. The lowest BCUT2D eigenvalue weighted by atomic mass is 10.0. The maximum atomic E-state index is 6.05. The molecule has 1 aromatic rings. The van der Waals surface area contributed by atoms with Crippen LogP contribution in [0, 0.1) is 0 Å². The highest BCUT2D eigenvalue weighted by atomic mass is 32.1. The van der Waals surface area contributed by atoms with Crippen LogP contribution in [0.25, 0.3) is 0 Å². The van der Waals surface area contributed by atoms with E-state index >= 15 is 0 Å². The molecule has 14 heavy (non-hydrogen) atoms. The summed E-state index contributed by atoms with van der Waals surface area (Å²) in [6.07, 6.45) is 7.53. The predicted octanol–water partition coefficient (Wildman–Crippen LogP) is 3.59. The van der Waals surface area contributed by atoms with Crippen LogP contribution in [-0.4, -0.2) is 6.04 Å². The molecule has 0 bridgehead atoms. The van der Waals surface area contributed by atoms with Crippen molar-refractivity contribution >= 4 is 11.3 Å². The van der Waals surface area contributed by atoms with Crippen molar-refractivity contribution in [3.8, 4) is 0 Å². The number of unbranched alkanes of at least 4 members (excludes halogenated alkanes) is 3. The summed E-state index contributed by atoms with van der Waals surface area (Å²) in [5.41, 5.74) is 6.05. The molecule has 0 saturated heterocycles. The lowest BCUT2D eigenvalue weighted by molar-refractivity contribution is 0.548. The summed E-state index contributed by atoms with van der Waals surface area (Å²) in [6, 6.07) is 4.64. The molecule has 0 amide bonds. The molecule has 1 unspecified atom stereocenters. The average molecular weight is 211 g/mol. The summed E-state index contributed by atoms with van der Waals surface area (Å²) in [7, 11) is 0. The Labute approximate surface area is 91.3 Å². The molecule has 1 atom stereocenters. The molecule has 0 aromatic carbocycles. The van der Waals surface area contributed by atoms with Gasteiger partial charge in [0.25, 0.3) is 0 Å². The largest absolute Gasteiger partial charge is 0.327 e.